The van der Waals surface area contributed by atoms with E-state index in [1.165, 1.54) is 11.3 Å². The zero-order valence-corrected chi connectivity index (χ0v) is 15.4. The van der Waals surface area contributed by atoms with Gasteiger partial charge < -0.3 is 24.6 Å². The van der Waals surface area contributed by atoms with E-state index in [9.17, 15) is 9.59 Å². The average Bonchev–Trinajstić information content (AvgIpc) is 3.16. The highest BCUT2D eigenvalue weighted by Crippen LogP contribution is 2.32. The van der Waals surface area contributed by atoms with E-state index in [0.29, 0.717) is 48.5 Å². The number of hydrogen-bond acceptors (Lipinski definition) is 7. The Morgan fingerprint density at radius 1 is 1.23 bits per heavy atom. The number of thiazole rings is 1. The Morgan fingerprint density at radius 2 is 2.00 bits per heavy atom. The summed E-state index contributed by atoms with van der Waals surface area (Å²) in [5, 5.41) is 5.50. The monoisotopic (exact) mass is 376 g/mol. The van der Waals surface area contributed by atoms with Crippen molar-refractivity contribution in [1.82, 2.24) is 14.8 Å². The number of methoxy groups -OCH3 is 2. The summed E-state index contributed by atoms with van der Waals surface area (Å²) in [5.41, 5.74) is 1.13. The van der Waals surface area contributed by atoms with Gasteiger partial charge in [-0.15, -0.1) is 11.3 Å². The fraction of sp³-hybridized carbons (Fsp3) is 0.353. The average molecular weight is 376 g/mol. The minimum Gasteiger partial charge on any atom is -0.497 e. The van der Waals surface area contributed by atoms with Gasteiger partial charge in [-0.2, -0.15) is 0 Å². The van der Waals surface area contributed by atoms with E-state index in [4.69, 9.17) is 9.47 Å². The lowest BCUT2D eigenvalue weighted by atomic mass is 10.2. The molecule has 3 rings (SSSR count). The highest BCUT2D eigenvalue weighted by atomic mass is 32.1. The minimum absolute atomic E-state index is 0.124. The van der Waals surface area contributed by atoms with Crippen molar-refractivity contribution in [2.24, 2.45) is 0 Å². The number of anilines is 2. The third kappa shape index (κ3) is 3.88. The molecule has 138 valence electrons. The predicted molar refractivity (Wildman–Crippen MR) is 98.5 cm³/mol. The standard InChI is InChI=1S/C17H20N4O4S/c1-24-12-3-4-13(15(9-12)25-2)18-17-19-14(10-26-17)16(23)21-7-5-20(11-22)6-8-21/h3-4,9-11H,5-8H2,1-2H3,(H,18,19). The number of hydrogen-bond donors (Lipinski definition) is 1. The quantitative estimate of drug-likeness (QED) is 0.774. The van der Waals surface area contributed by atoms with Crippen LogP contribution in [0.4, 0.5) is 10.8 Å². The fourth-order valence-corrected chi connectivity index (χ4v) is 3.34. The zero-order chi connectivity index (χ0) is 18.5. The summed E-state index contributed by atoms with van der Waals surface area (Å²) in [7, 11) is 3.17. The first-order chi connectivity index (χ1) is 12.6. The maximum atomic E-state index is 12.6. The Bertz CT molecular complexity index is 787. The summed E-state index contributed by atoms with van der Waals surface area (Å²) in [5.74, 6) is 1.19. The van der Waals surface area contributed by atoms with Gasteiger partial charge in [0, 0.05) is 37.6 Å². The molecule has 8 nitrogen and oxygen atoms in total. The van der Waals surface area contributed by atoms with Crippen molar-refractivity contribution in [3.05, 3.63) is 29.3 Å². The number of aromatic nitrogens is 1. The van der Waals surface area contributed by atoms with E-state index in [2.05, 4.69) is 10.3 Å². The fourth-order valence-electron chi connectivity index (χ4n) is 2.64. The van der Waals surface area contributed by atoms with Gasteiger partial charge in [-0.05, 0) is 12.1 Å². The number of benzene rings is 1. The van der Waals surface area contributed by atoms with Crippen LogP contribution in [0.1, 0.15) is 10.5 Å². The predicted octanol–water partition coefficient (Wildman–Crippen LogP) is 1.82. The van der Waals surface area contributed by atoms with Crippen molar-refractivity contribution in [2.45, 2.75) is 0 Å². The minimum atomic E-state index is -0.124. The van der Waals surface area contributed by atoms with E-state index < -0.39 is 0 Å². The van der Waals surface area contributed by atoms with E-state index in [1.54, 1.807) is 35.5 Å². The van der Waals surface area contributed by atoms with Crippen molar-refractivity contribution in [3.63, 3.8) is 0 Å². The first-order valence-corrected chi connectivity index (χ1v) is 8.95. The number of carbonyl (C=O) groups is 2. The summed E-state index contributed by atoms with van der Waals surface area (Å²) in [6, 6.07) is 5.42. The lowest BCUT2D eigenvalue weighted by Gasteiger charge is -2.32. The van der Waals surface area contributed by atoms with Crippen molar-refractivity contribution in [2.75, 3.05) is 45.7 Å². The van der Waals surface area contributed by atoms with Crippen LogP contribution in [0.2, 0.25) is 0 Å². The highest BCUT2D eigenvalue weighted by Gasteiger charge is 2.23. The number of carbonyl (C=O) groups excluding carboxylic acids is 2. The molecular weight excluding hydrogens is 356 g/mol. The van der Waals surface area contributed by atoms with Crippen LogP contribution in [0.25, 0.3) is 0 Å². The smallest absolute Gasteiger partial charge is 0.273 e. The second kappa shape index (κ2) is 8.05. The summed E-state index contributed by atoms with van der Waals surface area (Å²) >= 11 is 1.35. The lowest BCUT2D eigenvalue weighted by Crippen LogP contribution is -2.48. The van der Waals surface area contributed by atoms with Gasteiger partial charge in [-0.25, -0.2) is 4.98 Å². The van der Waals surface area contributed by atoms with E-state index in [0.717, 1.165) is 12.1 Å². The molecule has 1 saturated heterocycles. The van der Waals surface area contributed by atoms with Gasteiger partial charge in [0.2, 0.25) is 6.41 Å². The van der Waals surface area contributed by atoms with Crippen LogP contribution in [-0.4, -0.2) is 67.5 Å². The molecule has 0 atom stereocenters. The molecule has 1 fully saturated rings. The van der Waals surface area contributed by atoms with Crippen molar-refractivity contribution >= 4 is 34.5 Å². The second-order valence-electron chi connectivity index (χ2n) is 5.66. The summed E-state index contributed by atoms with van der Waals surface area (Å²) in [6.07, 6.45) is 0.814. The van der Waals surface area contributed by atoms with Gasteiger partial charge in [-0.3, -0.25) is 9.59 Å². The molecule has 1 aliphatic rings. The number of nitrogens with one attached hydrogen (secondary N) is 1. The third-order valence-electron chi connectivity index (χ3n) is 4.12. The van der Waals surface area contributed by atoms with Crippen LogP contribution in [-0.2, 0) is 4.79 Å². The van der Waals surface area contributed by atoms with Crippen LogP contribution >= 0.6 is 11.3 Å². The molecule has 0 aliphatic carbocycles. The molecule has 1 aromatic heterocycles. The lowest BCUT2D eigenvalue weighted by molar-refractivity contribution is -0.119. The Labute approximate surface area is 155 Å². The molecule has 9 heteroatoms. The molecule has 0 unspecified atom stereocenters. The maximum Gasteiger partial charge on any atom is 0.273 e. The molecule has 0 saturated carbocycles. The van der Waals surface area contributed by atoms with E-state index in [1.807, 2.05) is 12.1 Å². The van der Waals surface area contributed by atoms with E-state index >= 15 is 0 Å². The van der Waals surface area contributed by atoms with Gasteiger partial charge in [0.25, 0.3) is 5.91 Å². The summed E-state index contributed by atoms with van der Waals surface area (Å²) in [6.45, 7) is 2.13. The Kier molecular flexibility index (Phi) is 5.57. The first-order valence-electron chi connectivity index (χ1n) is 8.08. The van der Waals surface area contributed by atoms with E-state index in [-0.39, 0.29) is 5.91 Å². The molecule has 2 heterocycles. The molecule has 2 aromatic rings. The van der Waals surface area contributed by atoms with Crippen molar-refractivity contribution in [1.29, 1.82) is 0 Å². The Morgan fingerprint density at radius 3 is 2.65 bits per heavy atom. The number of amides is 2. The van der Waals surface area contributed by atoms with Crippen LogP contribution in [0.3, 0.4) is 0 Å². The van der Waals surface area contributed by atoms with Crippen LogP contribution in [0.15, 0.2) is 23.6 Å². The highest BCUT2D eigenvalue weighted by molar-refractivity contribution is 7.14. The van der Waals surface area contributed by atoms with Crippen LogP contribution in [0.5, 0.6) is 11.5 Å². The maximum absolute atomic E-state index is 12.6. The molecule has 0 spiro atoms. The Hall–Kier alpha value is -2.81. The van der Waals surface area contributed by atoms with Gasteiger partial charge in [0.15, 0.2) is 5.13 Å². The number of rotatable bonds is 6. The normalized spacial score (nSPS) is 14.1. The van der Waals surface area contributed by atoms with Crippen molar-refractivity contribution < 1.29 is 19.1 Å². The number of piperazine rings is 1. The largest absolute Gasteiger partial charge is 0.497 e. The number of nitrogens with zero attached hydrogens (tertiary/aromatic N) is 3. The topological polar surface area (TPSA) is 84.0 Å². The molecule has 0 radical (unpaired) electrons. The van der Waals surface area contributed by atoms with Crippen molar-refractivity contribution in [3.8, 4) is 11.5 Å². The van der Waals surface area contributed by atoms with Crippen LogP contribution < -0.4 is 14.8 Å². The molecule has 1 aromatic carbocycles. The van der Waals surface area contributed by atoms with Crippen LogP contribution in [0, 0.1) is 0 Å². The second-order valence-corrected chi connectivity index (χ2v) is 6.52. The molecular formula is C17H20N4O4S. The first kappa shape index (κ1) is 18.0. The molecule has 1 N–H and O–H groups in total. The van der Waals surface area contributed by atoms with Gasteiger partial charge in [0.05, 0.1) is 19.9 Å². The molecule has 1 aliphatic heterocycles. The van der Waals surface area contributed by atoms with Gasteiger partial charge in [-0.1, -0.05) is 0 Å². The zero-order valence-electron chi connectivity index (χ0n) is 14.6. The molecule has 2 amide bonds. The van der Waals surface area contributed by atoms with Gasteiger partial charge >= 0.3 is 0 Å². The molecule has 0 bridgehead atoms. The summed E-state index contributed by atoms with van der Waals surface area (Å²) in [4.78, 5) is 31.1. The summed E-state index contributed by atoms with van der Waals surface area (Å²) < 4.78 is 10.5. The Balaban J connectivity index is 1.68. The number of ether oxygens (including phenoxy) is 2. The third-order valence-corrected chi connectivity index (χ3v) is 4.88. The van der Waals surface area contributed by atoms with Gasteiger partial charge in [0.1, 0.15) is 17.2 Å². The SMILES string of the molecule is COc1ccc(Nc2nc(C(=O)N3CCN(C=O)CC3)cs2)c(OC)c1. The molecule has 26 heavy (non-hydrogen) atoms.